The summed E-state index contributed by atoms with van der Waals surface area (Å²) in [7, 11) is 0. The molecule has 0 aliphatic carbocycles. The van der Waals surface area contributed by atoms with Crippen molar-refractivity contribution in [1.82, 2.24) is 14.7 Å². The zero-order valence-electron chi connectivity index (χ0n) is 21.8. The number of nitrogens with zero attached hydrogens (tertiary/aromatic N) is 3. The molecule has 0 saturated heterocycles. The minimum absolute atomic E-state index is 0.00882. The molecule has 38 heavy (non-hydrogen) atoms. The molecule has 10 heteroatoms. The van der Waals surface area contributed by atoms with E-state index in [1.165, 1.54) is 18.3 Å². The lowest BCUT2D eigenvalue weighted by atomic mass is 10.1. The van der Waals surface area contributed by atoms with Crippen LogP contribution in [0.1, 0.15) is 67.6 Å². The van der Waals surface area contributed by atoms with Crippen LogP contribution in [0.15, 0.2) is 48.7 Å². The van der Waals surface area contributed by atoms with E-state index in [-0.39, 0.29) is 23.8 Å². The minimum atomic E-state index is -4.53. The van der Waals surface area contributed by atoms with Gasteiger partial charge >= 0.3 is 12.3 Å². The van der Waals surface area contributed by atoms with Crippen molar-refractivity contribution >= 4 is 12.0 Å². The highest BCUT2D eigenvalue weighted by Gasteiger charge is 2.31. The predicted molar refractivity (Wildman–Crippen MR) is 135 cm³/mol. The number of fused-ring (bicyclic) bond motifs is 1. The van der Waals surface area contributed by atoms with Gasteiger partial charge in [-0.3, -0.25) is 4.79 Å². The molecule has 0 saturated carbocycles. The number of hydrogen-bond acceptors (Lipinski definition) is 5. The molecule has 1 aliphatic rings. The summed E-state index contributed by atoms with van der Waals surface area (Å²) in [4.78, 5) is 27.1. The lowest BCUT2D eigenvalue weighted by Crippen LogP contribution is -2.27. The molecule has 4 rings (SSSR count). The number of alkyl halides is 3. The standard InChI is InChI=1S/C28H30F3N3O4/c1-5-6-12-33-15-19-14-22(10-11-23(19)25(33)35)37-17-20-16-34(26(36)38-27(2,3)4)32-24(20)18-8-7-9-21(13-18)28(29,30)31/h7-11,13-14,16H,5-6,12,15,17H2,1-4H3. The van der Waals surface area contributed by atoms with E-state index in [1.54, 1.807) is 43.9 Å². The van der Waals surface area contributed by atoms with Crippen molar-refractivity contribution in [3.8, 4) is 17.0 Å². The lowest BCUT2D eigenvalue weighted by molar-refractivity contribution is -0.137. The lowest BCUT2D eigenvalue weighted by Gasteiger charge is -2.18. The second kappa shape index (κ2) is 10.5. The Hall–Kier alpha value is -3.82. The Kier molecular flexibility index (Phi) is 7.53. The fourth-order valence-corrected chi connectivity index (χ4v) is 4.14. The number of benzene rings is 2. The van der Waals surface area contributed by atoms with Gasteiger partial charge in [0.2, 0.25) is 0 Å². The largest absolute Gasteiger partial charge is 0.489 e. The van der Waals surface area contributed by atoms with Crippen LogP contribution in [-0.2, 0) is 24.1 Å². The first-order chi connectivity index (χ1) is 17.9. The van der Waals surface area contributed by atoms with Crippen LogP contribution in [0.2, 0.25) is 0 Å². The number of carbonyl (C=O) groups is 2. The quantitative estimate of drug-likeness (QED) is 0.341. The summed E-state index contributed by atoms with van der Waals surface area (Å²) >= 11 is 0. The summed E-state index contributed by atoms with van der Waals surface area (Å²) in [6.07, 6.45) is -2.00. The van der Waals surface area contributed by atoms with Crippen molar-refractivity contribution in [2.24, 2.45) is 0 Å². The molecule has 0 atom stereocenters. The van der Waals surface area contributed by atoms with Crippen LogP contribution >= 0.6 is 0 Å². The Morgan fingerprint density at radius 1 is 1.11 bits per heavy atom. The molecule has 0 N–H and O–H groups in total. The molecule has 2 aromatic carbocycles. The first-order valence-corrected chi connectivity index (χ1v) is 12.4. The molecule has 0 spiro atoms. The highest BCUT2D eigenvalue weighted by molar-refractivity contribution is 5.98. The fraction of sp³-hybridized carbons (Fsp3) is 0.393. The first-order valence-electron chi connectivity index (χ1n) is 12.4. The smallest absolute Gasteiger partial charge is 0.435 e. The molecule has 202 valence electrons. The van der Waals surface area contributed by atoms with Crippen LogP contribution in [0.3, 0.4) is 0 Å². The fourth-order valence-electron chi connectivity index (χ4n) is 4.14. The van der Waals surface area contributed by atoms with E-state index in [9.17, 15) is 22.8 Å². The molecule has 1 aromatic heterocycles. The average Bonchev–Trinajstić information content (AvgIpc) is 3.41. The normalized spacial score (nSPS) is 13.6. The Balaban J connectivity index is 1.61. The molecule has 1 amide bonds. The molecule has 3 aromatic rings. The first kappa shape index (κ1) is 27.2. The Morgan fingerprint density at radius 3 is 2.55 bits per heavy atom. The monoisotopic (exact) mass is 529 g/mol. The maximum atomic E-state index is 13.4. The maximum Gasteiger partial charge on any atom is 0.435 e. The third kappa shape index (κ3) is 6.17. The van der Waals surface area contributed by atoms with Crippen LogP contribution in [-0.4, -0.2) is 38.8 Å². The van der Waals surface area contributed by atoms with Crippen LogP contribution in [0.5, 0.6) is 5.75 Å². The molecule has 7 nitrogen and oxygen atoms in total. The molecule has 0 bridgehead atoms. The summed E-state index contributed by atoms with van der Waals surface area (Å²) < 4.78 is 52.4. The third-order valence-electron chi connectivity index (χ3n) is 5.97. The van der Waals surface area contributed by atoms with E-state index < -0.39 is 23.4 Å². The molecule has 1 aliphatic heterocycles. The number of halogens is 3. The van der Waals surface area contributed by atoms with Crippen LogP contribution in [0.4, 0.5) is 18.0 Å². The van der Waals surface area contributed by atoms with E-state index in [2.05, 4.69) is 12.0 Å². The van der Waals surface area contributed by atoms with Crippen LogP contribution in [0, 0.1) is 0 Å². The SMILES string of the molecule is CCCCN1Cc2cc(OCc3cn(C(=O)OC(C)(C)C)nc3-c3cccc(C(F)(F)F)c3)ccc2C1=O. The highest BCUT2D eigenvalue weighted by atomic mass is 19.4. The van der Waals surface area contributed by atoms with Crippen molar-refractivity contribution in [2.75, 3.05) is 6.54 Å². The predicted octanol–water partition coefficient (Wildman–Crippen LogP) is 6.69. The number of rotatable bonds is 7. The van der Waals surface area contributed by atoms with Crippen LogP contribution in [0.25, 0.3) is 11.3 Å². The second-order valence-electron chi connectivity index (χ2n) is 10.2. The zero-order valence-corrected chi connectivity index (χ0v) is 21.8. The summed E-state index contributed by atoms with van der Waals surface area (Å²) in [6.45, 7) is 8.29. The highest BCUT2D eigenvalue weighted by Crippen LogP contribution is 2.33. The number of ether oxygens (including phenoxy) is 2. The second-order valence-corrected chi connectivity index (χ2v) is 10.2. The van der Waals surface area contributed by atoms with E-state index >= 15 is 0 Å². The van der Waals surface area contributed by atoms with Gasteiger partial charge in [-0.05, 0) is 63.1 Å². The molecular weight excluding hydrogens is 499 g/mol. The zero-order chi connectivity index (χ0) is 27.7. The van der Waals surface area contributed by atoms with Gasteiger partial charge in [0, 0.05) is 36.0 Å². The van der Waals surface area contributed by atoms with Gasteiger partial charge in [0.15, 0.2) is 0 Å². The topological polar surface area (TPSA) is 73.7 Å². The number of unbranched alkanes of at least 4 members (excludes halogenated alkanes) is 1. The van der Waals surface area contributed by atoms with E-state index in [1.807, 2.05) is 0 Å². The average molecular weight is 530 g/mol. The molecular formula is C28H30F3N3O4. The molecule has 0 fully saturated rings. The Bertz CT molecular complexity index is 1340. The van der Waals surface area contributed by atoms with Crippen molar-refractivity contribution in [3.05, 3.63) is 70.9 Å². The molecule has 0 radical (unpaired) electrons. The van der Waals surface area contributed by atoms with Gasteiger partial charge in [-0.1, -0.05) is 25.5 Å². The Labute approximate surface area is 219 Å². The Morgan fingerprint density at radius 2 is 1.87 bits per heavy atom. The van der Waals surface area contributed by atoms with E-state index in [4.69, 9.17) is 9.47 Å². The molecule has 0 unspecified atom stereocenters. The van der Waals surface area contributed by atoms with Crippen molar-refractivity contribution < 1.29 is 32.2 Å². The maximum absolute atomic E-state index is 13.4. The van der Waals surface area contributed by atoms with Gasteiger partial charge in [-0.25, -0.2) is 4.79 Å². The van der Waals surface area contributed by atoms with E-state index in [0.717, 1.165) is 35.2 Å². The number of carbonyl (C=O) groups excluding carboxylic acids is 2. The summed E-state index contributed by atoms with van der Waals surface area (Å²) in [5, 5.41) is 4.25. The summed E-state index contributed by atoms with van der Waals surface area (Å²) in [5.41, 5.74) is 0.627. The molecule has 2 heterocycles. The summed E-state index contributed by atoms with van der Waals surface area (Å²) in [5.74, 6) is 0.486. The van der Waals surface area contributed by atoms with Crippen molar-refractivity contribution in [2.45, 2.75) is 65.5 Å². The van der Waals surface area contributed by atoms with Gasteiger partial charge in [-0.15, -0.1) is 0 Å². The minimum Gasteiger partial charge on any atom is -0.489 e. The van der Waals surface area contributed by atoms with Gasteiger partial charge in [0.25, 0.3) is 5.91 Å². The van der Waals surface area contributed by atoms with E-state index in [0.29, 0.717) is 30.0 Å². The van der Waals surface area contributed by atoms with Crippen LogP contribution < -0.4 is 4.74 Å². The number of aromatic nitrogens is 2. The van der Waals surface area contributed by atoms with Crippen molar-refractivity contribution in [3.63, 3.8) is 0 Å². The van der Waals surface area contributed by atoms with Gasteiger partial charge < -0.3 is 14.4 Å². The summed E-state index contributed by atoms with van der Waals surface area (Å²) in [6, 6.07) is 9.93. The van der Waals surface area contributed by atoms with Gasteiger partial charge in [0.1, 0.15) is 18.0 Å². The van der Waals surface area contributed by atoms with Gasteiger partial charge in [0.05, 0.1) is 11.3 Å². The van der Waals surface area contributed by atoms with Gasteiger partial charge in [-0.2, -0.15) is 23.0 Å². The third-order valence-corrected chi connectivity index (χ3v) is 5.97. The van der Waals surface area contributed by atoms with Crippen molar-refractivity contribution in [1.29, 1.82) is 0 Å². The number of hydrogen-bond donors (Lipinski definition) is 0. The number of amides is 1.